The third-order valence-electron chi connectivity index (χ3n) is 5.05. The first kappa shape index (κ1) is 19.7. The molecule has 2 aromatic heterocycles. The van der Waals surface area contributed by atoms with Gasteiger partial charge >= 0.3 is 0 Å². The highest BCUT2D eigenvalue weighted by atomic mass is 16.1. The van der Waals surface area contributed by atoms with Gasteiger partial charge < -0.3 is 15.0 Å². The van der Waals surface area contributed by atoms with Gasteiger partial charge in [-0.15, -0.1) is 0 Å². The Morgan fingerprint density at radius 2 is 1.67 bits per heavy atom. The van der Waals surface area contributed by atoms with Gasteiger partial charge in [0, 0.05) is 18.3 Å². The van der Waals surface area contributed by atoms with Gasteiger partial charge in [-0.05, 0) is 40.8 Å². The average Bonchev–Trinajstić information content (AvgIpc) is 3.14. The van der Waals surface area contributed by atoms with Crippen molar-refractivity contribution in [1.82, 2.24) is 9.38 Å². The van der Waals surface area contributed by atoms with E-state index >= 15 is 0 Å². The number of hydrogen-bond donors (Lipinski definition) is 2. The molecule has 0 radical (unpaired) electrons. The topological polar surface area (TPSA) is 58.4 Å². The molecule has 5 nitrogen and oxygen atoms in total. The molecule has 1 amide bonds. The largest absolute Gasteiger partial charge is 0.380 e. The molecule has 2 N–H and O–H groups in total. The summed E-state index contributed by atoms with van der Waals surface area (Å²) >= 11 is 0. The second kappa shape index (κ2) is 8.03. The van der Waals surface area contributed by atoms with E-state index < -0.39 is 0 Å². The van der Waals surface area contributed by atoms with Crippen molar-refractivity contribution in [3.8, 4) is 0 Å². The Morgan fingerprint density at radius 1 is 0.933 bits per heavy atom. The number of nitrogens with one attached hydrogen (secondary N) is 2. The maximum absolute atomic E-state index is 12.6. The summed E-state index contributed by atoms with van der Waals surface area (Å²) in [6.45, 7) is 7.21. The number of aromatic nitrogens is 2. The van der Waals surface area contributed by atoms with Crippen LogP contribution in [0.4, 0.5) is 11.5 Å². The molecule has 0 saturated heterocycles. The van der Waals surface area contributed by atoms with Gasteiger partial charge in [0.05, 0.1) is 11.9 Å². The number of benzene rings is 2. The van der Waals surface area contributed by atoms with Crippen LogP contribution in [0.5, 0.6) is 0 Å². The lowest BCUT2D eigenvalue weighted by Crippen LogP contribution is -2.14. The third-order valence-corrected chi connectivity index (χ3v) is 5.05. The van der Waals surface area contributed by atoms with Gasteiger partial charge in [-0.1, -0.05) is 63.2 Å². The van der Waals surface area contributed by atoms with E-state index in [1.165, 1.54) is 11.1 Å². The van der Waals surface area contributed by atoms with Crippen molar-refractivity contribution >= 4 is 23.1 Å². The summed E-state index contributed by atoms with van der Waals surface area (Å²) in [6, 6.07) is 21.9. The number of nitrogens with zero attached hydrogens (tertiary/aromatic N) is 2. The van der Waals surface area contributed by atoms with Gasteiger partial charge in [-0.2, -0.15) is 0 Å². The van der Waals surface area contributed by atoms with Crippen LogP contribution in [0.1, 0.15) is 42.3 Å². The van der Waals surface area contributed by atoms with E-state index in [9.17, 15) is 4.79 Å². The molecule has 0 aliphatic rings. The molecular formula is C25H26N4O. The van der Waals surface area contributed by atoms with Crippen molar-refractivity contribution < 1.29 is 4.79 Å². The van der Waals surface area contributed by atoms with Crippen LogP contribution in [0, 0.1) is 0 Å². The summed E-state index contributed by atoms with van der Waals surface area (Å²) in [5.41, 5.74) is 4.85. The van der Waals surface area contributed by atoms with E-state index in [0.29, 0.717) is 11.4 Å². The van der Waals surface area contributed by atoms with E-state index in [4.69, 9.17) is 0 Å². The summed E-state index contributed by atoms with van der Waals surface area (Å²) in [5, 5.41) is 6.30. The molecule has 2 aromatic carbocycles. The molecule has 0 saturated carbocycles. The number of fused-ring (bicyclic) bond motifs is 1. The SMILES string of the molecule is CC(C)(C)c1ccc(C(=O)Nc2cn3cc(NCc4ccccc4)ccc3n2)cc1. The number of carbonyl (C=O) groups excluding carboxylic acids is 1. The Kier molecular flexibility index (Phi) is 5.27. The zero-order chi connectivity index (χ0) is 21.1. The van der Waals surface area contributed by atoms with Gasteiger partial charge in [0.2, 0.25) is 0 Å². The lowest BCUT2D eigenvalue weighted by Gasteiger charge is -2.18. The zero-order valence-corrected chi connectivity index (χ0v) is 17.5. The first-order valence-electron chi connectivity index (χ1n) is 10.1. The molecule has 152 valence electrons. The van der Waals surface area contributed by atoms with Gasteiger partial charge in [-0.25, -0.2) is 4.98 Å². The highest BCUT2D eigenvalue weighted by molar-refractivity contribution is 6.03. The number of anilines is 2. The van der Waals surface area contributed by atoms with Crippen LogP contribution in [-0.4, -0.2) is 15.3 Å². The molecule has 0 aliphatic heterocycles. The fourth-order valence-electron chi connectivity index (χ4n) is 3.27. The highest BCUT2D eigenvalue weighted by Crippen LogP contribution is 2.22. The summed E-state index contributed by atoms with van der Waals surface area (Å²) in [6.07, 6.45) is 3.80. The van der Waals surface area contributed by atoms with Gasteiger partial charge in [0.15, 0.2) is 5.82 Å². The number of carbonyl (C=O) groups is 1. The van der Waals surface area contributed by atoms with Crippen molar-refractivity contribution in [2.24, 2.45) is 0 Å². The molecule has 4 aromatic rings. The smallest absolute Gasteiger partial charge is 0.256 e. The number of amides is 1. The van der Waals surface area contributed by atoms with Crippen molar-refractivity contribution in [3.63, 3.8) is 0 Å². The monoisotopic (exact) mass is 398 g/mol. The van der Waals surface area contributed by atoms with Crippen LogP contribution in [0.2, 0.25) is 0 Å². The number of pyridine rings is 1. The van der Waals surface area contributed by atoms with E-state index in [2.05, 4.69) is 48.5 Å². The maximum Gasteiger partial charge on any atom is 0.256 e. The second-order valence-electron chi connectivity index (χ2n) is 8.43. The van der Waals surface area contributed by atoms with Crippen molar-refractivity contribution in [2.75, 3.05) is 10.6 Å². The Morgan fingerprint density at radius 3 is 2.37 bits per heavy atom. The molecule has 0 fully saturated rings. The fourth-order valence-corrected chi connectivity index (χ4v) is 3.27. The van der Waals surface area contributed by atoms with Crippen LogP contribution in [0.25, 0.3) is 5.65 Å². The van der Waals surface area contributed by atoms with E-state index in [0.717, 1.165) is 17.9 Å². The molecule has 0 aliphatic carbocycles. The highest BCUT2D eigenvalue weighted by Gasteiger charge is 2.15. The van der Waals surface area contributed by atoms with E-state index in [1.807, 2.05) is 71.4 Å². The summed E-state index contributed by atoms with van der Waals surface area (Å²) < 4.78 is 1.91. The Hall–Kier alpha value is -3.60. The van der Waals surface area contributed by atoms with E-state index in [1.54, 1.807) is 0 Å². The first-order chi connectivity index (χ1) is 14.4. The lowest BCUT2D eigenvalue weighted by molar-refractivity contribution is 0.102. The minimum Gasteiger partial charge on any atom is -0.380 e. The van der Waals surface area contributed by atoms with Crippen molar-refractivity contribution in [1.29, 1.82) is 0 Å². The second-order valence-corrected chi connectivity index (χ2v) is 8.43. The standard InChI is InChI=1S/C25H26N4O/c1-25(2,3)20-11-9-19(10-12-20)24(30)28-22-17-29-16-21(13-14-23(29)27-22)26-15-18-7-5-4-6-8-18/h4-14,16-17,26H,15H2,1-3H3,(H,28,30). The zero-order valence-electron chi connectivity index (χ0n) is 17.5. The number of hydrogen-bond acceptors (Lipinski definition) is 3. The quantitative estimate of drug-likeness (QED) is 0.467. The van der Waals surface area contributed by atoms with Crippen LogP contribution in [0.15, 0.2) is 79.1 Å². The van der Waals surface area contributed by atoms with Crippen LogP contribution < -0.4 is 10.6 Å². The van der Waals surface area contributed by atoms with Gasteiger partial charge in [0.1, 0.15) is 5.65 Å². The molecule has 0 spiro atoms. The molecule has 0 atom stereocenters. The number of imidazole rings is 1. The van der Waals surface area contributed by atoms with Gasteiger partial charge in [0.25, 0.3) is 5.91 Å². The normalized spacial score (nSPS) is 11.4. The molecule has 30 heavy (non-hydrogen) atoms. The minimum atomic E-state index is -0.165. The first-order valence-corrected chi connectivity index (χ1v) is 10.1. The summed E-state index contributed by atoms with van der Waals surface area (Å²) in [4.78, 5) is 17.1. The van der Waals surface area contributed by atoms with Crippen molar-refractivity contribution in [3.05, 3.63) is 95.8 Å². The fraction of sp³-hybridized carbons (Fsp3) is 0.200. The predicted octanol–water partition coefficient (Wildman–Crippen LogP) is 5.50. The molecule has 0 unspecified atom stereocenters. The van der Waals surface area contributed by atoms with Crippen molar-refractivity contribution in [2.45, 2.75) is 32.7 Å². The predicted molar refractivity (Wildman–Crippen MR) is 122 cm³/mol. The maximum atomic E-state index is 12.6. The minimum absolute atomic E-state index is 0.0584. The Bertz CT molecular complexity index is 1160. The van der Waals surface area contributed by atoms with Gasteiger partial charge in [-0.3, -0.25) is 4.79 Å². The molecule has 0 bridgehead atoms. The molecule has 2 heterocycles. The molecule has 5 heteroatoms. The average molecular weight is 399 g/mol. The summed E-state index contributed by atoms with van der Waals surface area (Å²) in [7, 11) is 0. The van der Waals surface area contributed by atoms with Crippen LogP contribution in [0.3, 0.4) is 0 Å². The molecule has 4 rings (SSSR count). The van der Waals surface area contributed by atoms with E-state index in [-0.39, 0.29) is 11.3 Å². The van der Waals surface area contributed by atoms with Crippen LogP contribution >= 0.6 is 0 Å². The third kappa shape index (κ3) is 4.51. The Labute approximate surface area is 176 Å². The summed E-state index contributed by atoms with van der Waals surface area (Å²) in [5.74, 6) is 0.362. The number of rotatable bonds is 5. The Balaban J connectivity index is 1.45. The van der Waals surface area contributed by atoms with Crippen LogP contribution in [-0.2, 0) is 12.0 Å². The molecular weight excluding hydrogens is 372 g/mol. The lowest BCUT2D eigenvalue weighted by atomic mass is 9.87.